The smallest absolute Gasteiger partial charge is 0.240 e. The molecule has 0 radical (unpaired) electrons. The minimum Gasteiger partial charge on any atom is -0.491 e. The lowest BCUT2D eigenvalue weighted by Gasteiger charge is -2.22. The molecule has 0 aromatic heterocycles. The molecule has 1 amide bonds. The van der Waals surface area contributed by atoms with E-state index in [2.05, 4.69) is 5.32 Å². The molecule has 9 heteroatoms. The number of fused-ring (bicyclic) bond motifs is 1. The van der Waals surface area contributed by atoms with Crippen LogP contribution in [0.1, 0.15) is 0 Å². The second-order valence-corrected chi connectivity index (χ2v) is 8.86. The van der Waals surface area contributed by atoms with Crippen LogP contribution in [0.3, 0.4) is 0 Å². The van der Waals surface area contributed by atoms with Crippen molar-refractivity contribution in [1.29, 1.82) is 0 Å². The van der Waals surface area contributed by atoms with Crippen molar-refractivity contribution in [1.82, 2.24) is 5.32 Å². The number of nitrogens with one attached hydrogen (secondary N) is 1. The van der Waals surface area contributed by atoms with E-state index >= 15 is 0 Å². The number of hydrogen-bond acceptors (Lipinski definition) is 4. The molecule has 0 saturated heterocycles. The third-order valence-corrected chi connectivity index (χ3v) is 5.74. The fourth-order valence-electron chi connectivity index (χ4n) is 2.90. The predicted molar refractivity (Wildman–Crippen MR) is 116 cm³/mol. The van der Waals surface area contributed by atoms with E-state index in [-0.39, 0.29) is 23.9 Å². The van der Waals surface area contributed by atoms with E-state index < -0.39 is 28.3 Å². The molecule has 0 atom stereocenters. The average molecular weight is 451 g/mol. The van der Waals surface area contributed by atoms with Crippen LogP contribution in [0.2, 0.25) is 5.02 Å². The first-order chi connectivity index (χ1) is 14.3. The topological polar surface area (TPSA) is 75.7 Å². The first-order valence-corrected chi connectivity index (χ1v) is 11.3. The number of nitrogens with zero attached hydrogens (tertiary/aromatic N) is 1. The van der Waals surface area contributed by atoms with Gasteiger partial charge in [-0.05, 0) is 29.7 Å². The fraction of sp³-hybridized carbons (Fsp3) is 0.190. The Bertz CT molecular complexity index is 1170. The SMILES string of the molecule is CS(=O)(=O)N(CC(=O)NCCOc1cccc2ccccc12)c1ccc(F)c(Cl)c1. The molecule has 3 aromatic carbocycles. The molecule has 158 valence electrons. The Morgan fingerprint density at radius 3 is 2.60 bits per heavy atom. The molecule has 0 aliphatic rings. The summed E-state index contributed by atoms with van der Waals surface area (Å²) >= 11 is 5.73. The molecule has 3 rings (SSSR count). The lowest BCUT2D eigenvalue weighted by molar-refractivity contribution is -0.119. The fourth-order valence-corrected chi connectivity index (χ4v) is 3.92. The number of halogens is 2. The van der Waals surface area contributed by atoms with Gasteiger partial charge < -0.3 is 10.1 Å². The maximum absolute atomic E-state index is 13.4. The number of amides is 1. The molecular formula is C21H20ClFN2O4S. The highest BCUT2D eigenvalue weighted by Gasteiger charge is 2.21. The summed E-state index contributed by atoms with van der Waals surface area (Å²) in [6, 6.07) is 16.9. The second kappa shape index (κ2) is 9.32. The molecular weight excluding hydrogens is 431 g/mol. The molecule has 0 unspecified atom stereocenters. The van der Waals surface area contributed by atoms with Crippen molar-refractivity contribution in [2.75, 3.05) is 30.3 Å². The molecule has 0 heterocycles. The van der Waals surface area contributed by atoms with Gasteiger partial charge in [0.1, 0.15) is 24.7 Å². The van der Waals surface area contributed by atoms with Crippen molar-refractivity contribution < 1.29 is 22.3 Å². The van der Waals surface area contributed by atoms with Gasteiger partial charge in [0.15, 0.2) is 0 Å². The average Bonchev–Trinajstić information content (AvgIpc) is 2.71. The van der Waals surface area contributed by atoms with Crippen molar-refractivity contribution in [3.05, 3.63) is 71.5 Å². The Labute approximate surface area is 179 Å². The minimum atomic E-state index is -3.78. The molecule has 6 nitrogen and oxygen atoms in total. The summed E-state index contributed by atoms with van der Waals surface area (Å²) in [5.74, 6) is -0.507. The van der Waals surface area contributed by atoms with Crippen LogP contribution < -0.4 is 14.4 Å². The van der Waals surface area contributed by atoms with E-state index in [0.29, 0.717) is 5.75 Å². The number of sulfonamides is 1. The van der Waals surface area contributed by atoms with Crippen molar-refractivity contribution in [3.63, 3.8) is 0 Å². The van der Waals surface area contributed by atoms with Crippen LogP contribution in [0.15, 0.2) is 60.7 Å². The Kier molecular flexibility index (Phi) is 6.79. The van der Waals surface area contributed by atoms with Gasteiger partial charge in [0, 0.05) is 5.39 Å². The first kappa shape index (κ1) is 21.9. The third kappa shape index (κ3) is 5.40. The summed E-state index contributed by atoms with van der Waals surface area (Å²) in [6.07, 6.45) is 0.959. The van der Waals surface area contributed by atoms with Crippen LogP contribution >= 0.6 is 11.6 Å². The quantitative estimate of drug-likeness (QED) is 0.532. The van der Waals surface area contributed by atoms with Gasteiger partial charge in [0.05, 0.1) is 23.5 Å². The van der Waals surface area contributed by atoms with E-state index in [1.165, 1.54) is 6.07 Å². The van der Waals surface area contributed by atoms with Crippen LogP contribution in [0.25, 0.3) is 10.8 Å². The van der Waals surface area contributed by atoms with Crippen LogP contribution in [0.4, 0.5) is 10.1 Å². The summed E-state index contributed by atoms with van der Waals surface area (Å²) in [4.78, 5) is 12.3. The van der Waals surface area contributed by atoms with Crippen molar-refractivity contribution in [2.24, 2.45) is 0 Å². The molecule has 0 aliphatic carbocycles. The molecule has 3 aromatic rings. The molecule has 30 heavy (non-hydrogen) atoms. The van der Waals surface area contributed by atoms with Crippen LogP contribution in [-0.4, -0.2) is 40.3 Å². The van der Waals surface area contributed by atoms with Gasteiger partial charge >= 0.3 is 0 Å². The highest BCUT2D eigenvalue weighted by Crippen LogP contribution is 2.25. The summed E-state index contributed by atoms with van der Waals surface area (Å²) in [5.41, 5.74) is 0.103. The summed E-state index contributed by atoms with van der Waals surface area (Å²) in [5, 5.41) is 4.39. The molecule has 0 aliphatic heterocycles. The second-order valence-electron chi connectivity index (χ2n) is 6.54. The maximum atomic E-state index is 13.4. The first-order valence-electron chi connectivity index (χ1n) is 9.06. The molecule has 0 bridgehead atoms. The Hall–Kier alpha value is -2.84. The maximum Gasteiger partial charge on any atom is 0.240 e. The van der Waals surface area contributed by atoms with Crippen molar-refractivity contribution in [2.45, 2.75) is 0 Å². The van der Waals surface area contributed by atoms with E-state index in [0.717, 1.165) is 33.5 Å². The summed E-state index contributed by atoms with van der Waals surface area (Å²) in [7, 11) is -3.78. The number of hydrogen-bond donors (Lipinski definition) is 1. The normalized spacial score (nSPS) is 11.3. The van der Waals surface area contributed by atoms with Gasteiger partial charge in [0.25, 0.3) is 0 Å². The lowest BCUT2D eigenvalue weighted by atomic mass is 10.1. The number of carbonyl (C=O) groups is 1. The Morgan fingerprint density at radius 1 is 1.13 bits per heavy atom. The summed E-state index contributed by atoms with van der Waals surface area (Å²) in [6.45, 7) is -0.0696. The third-order valence-electron chi connectivity index (χ3n) is 4.31. The highest BCUT2D eigenvalue weighted by molar-refractivity contribution is 7.92. The highest BCUT2D eigenvalue weighted by atomic mass is 35.5. The van der Waals surface area contributed by atoms with E-state index in [4.69, 9.17) is 16.3 Å². The largest absolute Gasteiger partial charge is 0.491 e. The molecule has 0 fully saturated rings. The standard InChI is InChI=1S/C21H20ClFN2O4S/c1-30(27,28)25(16-9-10-19(23)18(22)13-16)14-21(26)24-11-12-29-20-8-4-6-15-5-2-3-7-17(15)20/h2-10,13H,11-12,14H2,1H3,(H,24,26). The van der Waals surface area contributed by atoms with E-state index in [1.807, 2.05) is 42.5 Å². The van der Waals surface area contributed by atoms with Gasteiger partial charge in [-0.2, -0.15) is 0 Å². The van der Waals surface area contributed by atoms with Crippen LogP contribution in [-0.2, 0) is 14.8 Å². The zero-order chi connectivity index (χ0) is 21.7. The van der Waals surface area contributed by atoms with Crippen LogP contribution in [0.5, 0.6) is 5.75 Å². The zero-order valence-corrected chi connectivity index (χ0v) is 17.7. The van der Waals surface area contributed by atoms with E-state index in [9.17, 15) is 17.6 Å². The zero-order valence-electron chi connectivity index (χ0n) is 16.1. The van der Waals surface area contributed by atoms with Gasteiger partial charge in [-0.1, -0.05) is 48.0 Å². The number of anilines is 1. The monoisotopic (exact) mass is 450 g/mol. The van der Waals surface area contributed by atoms with Crippen LogP contribution in [0, 0.1) is 5.82 Å². The van der Waals surface area contributed by atoms with Gasteiger partial charge in [-0.15, -0.1) is 0 Å². The Balaban J connectivity index is 1.59. The minimum absolute atomic E-state index is 0.103. The lowest BCUT2D eigenvalue weighted by Crippen LogP contribution is -2.41. The van der Waals surface area contributed by atoms with Gasteiger partial charge in [-0.3, -0.25) is 9.10 Å². The Morgan fingerprint density at radius 2 is 1.87 bits per heavy atom. The van der Waals surface area contributed by atoms with Crippen molar-refractivity contribution in [3.8, 4) is 5.75 Å². The predicted octanol–water partition coefficient (Wildman–Crippen LogP) is 3.59. The van der Waals surface area contributed by atoms with Crippen molar-refractivity contribution >= 4 is 44.0 Å². The number of rotatable bonds is 8. The number of benzene rings is 3. The molecule has 0 saturated carbocycles. The van der Waals surface area contributed by atoms with E-state index in [1.54, 1.807) is 0 Å². The van der Waals surface area contributed by atoms with Gasteiger partial charge in [0.2, 0.25) is 15.9 Å². The molecule has 1 N–H and O–H groups in total. The summed E-state index contributed by atoms with van der Waals surface area (Å²) < 4.78 is 44.2. The molecule has 0 spiro atoms. The number of ether oxygens (including phenoxy) is 1. The number of carbonyl (C=O) groups excluding carboxylic acids is 1. The van der Waals surface area contributed by atoms with Gasteiger partial charge in [-0.25, -0.2) is 12.8 Å².